The monoisotopic (exact) mass is 556 g/mol. The van der Waals surface area contributed by atoms with Crippen molar-refractivity contribution in [3.63, 3.8) is 0 Å². The molecule has 1 heterocycles. The van der Waals surface area contributed by atoms with Gasteiger partial charge in [0, 0.05) is 20.6 Å². The van der Waals surface area contributed by atoms with Crippen molar-refractivity contribution in [3.05, 3.63) is 77.4 Å². The van der Waals surface area contributed by atoms with E-state index in [0.29, 0.717) is 25.6 Å². The topological polar surface area (TPSA) is 67.6 Å². The van der Waals surface area contributed by atoms with E-state index in [1.807, 2.05) is 60.8 Å². The molecule has 0 aliphatic rings. The molecule has 0 aliphatic carbocycles. The largest absolute Gasteiger partial charge is 0.435 e. The first kappa shape index (κ1) is 25.5. The lowest BCUT2D eigenvalue weighted by atomic mass is 10.2. The molecule has 0 fully saturated rings. The Bertz CT molecular complexity index is 995. The van der Waals surface area contributed by atoms with Gasteiger partial charge in [0.15, 0.2) is 11.8 Å². The standard InChI is InChI=1S/C22H26F2N6O.HI/c1-16-27-28-20(30(16)3)14-26-22(25-13-17-7-5-4-6-8-17)29(2)15-18-9-11-19(12-10-18)31-21(23)24;/h4-12,21H,13-15H2,1-3H3,(H,25,26);1H. The Morgan fingerprint density at radius 3 is 2.38 bits per heavy atom. The van der Waals surface area contributed by atoms with Crippen LogP contribution in [0, 0.1) is 6.92 Å². The predicted octanol–water partition coefficient (Wildman–Crippen LogP) is 4.12. The molecule has 1 aromatic heterocycles. The quantitative estimate of drug-likeness (QED) is 0.257. The van der Waals surface area contributed by atoms with Crippen LogP contribution in [0.2, 0.25) is 0 Å². The fourth-order valence-corrected chi connectivity index (χ4v) is 2.95. The SMILES string of the molecule is Cc1nnc(CNC(=NCc2ccccc2)N(C)Cc2ccc(OC(F)F)cc2)n1C.I. The van der Waals surface area contributed by atoms with E-state index in [2.05, 4.69) is 20.3 Å². The average molecular weight is 556 g/mol. The highest BCUT2D eigenvalue weighted by atomic mass is 127. The number of guanidine groups is 1. The van der Waals surface area contributed by atoms with E-state index in [1.54, 1.807) is 12.1 Å². The molecule has 0 atom stereocenters. The fourth-order valence-electron chi connectivity index (χ4n) is 2.95. The van der Waals surface area contributed by atoms with Crippen LogP contribution in [0.25, 0.3) is 0 Å². The molecule has 172 valence electrons. The minimum absolute atomic E-state index is 0. The van der Waals surface area contributed by atoms with E-state index in [1.165, 1.54) is 12.1 Å². The van der Waals surface area contributed by atoms with E-state index < -0.39 is 6.61 Å². The molecule has 0 bridgehead atoms. The van der Waals surface area contributed by atoms with E-state index in [0.717, 1.165) is 22.8 Å². The lowest BCUT2D eigenvalue weighted by molar-refractivity contribution is -0.0498. The molecule has 0 saturated carbocycles. The Morgan fingerprint density at radius 2 is 1.78 bits per heavy atom. The molecule has 3 rings (SSSR count). The Labute approximate surface area is 203 Å². The molecule has 0 spiro atoms. The van der Waals surface area contributed by atoms with Crippen molar-refractivity contribution >= 4 is 29.9 Å². The summed E-state index contributed by atoms with van der Waals surface area (Å²) in [6, 6.07) is 16.6. The molecule has 0 saturated heterocycles. The molecule has 10 heteroatoms. The first-order valence-corrected chi connectivity index (χ1v) is 9.84. The van der Waals surface area contributed by atoms with Gasteiger partial charge in [-0.15, -0.1) is 34.2 Å². The molecule has 32 heavy (non-hydrogen) atoms. The Morgan fingerprint density at radius 1 is 1.09 bits per heavy atom. The summed E-state index contributed by atoms with van der Waals surface area (Å²) in [5.41, 5.74) is 2.03. The summed E-state index contributed by atoms with van der Waals surface area (Å²) >= 11 is 0. The van der Waals surface area contributed by atoms with Crippen molar-refractivity contribution in [2.75, 3.05) is 7.05 Å². The van der Waals surface area contributed by atoms with Crippen LogP contribution in [0.1, 0.15) is 22.8 Å². The lowest BCUT2D eigenvalue weighted by Gasteiger charge is -2.23. The van der Waals surface area contributed by atoms with Crippen LogP contribution in [0.4, 0.5) is 8.78 Å². The van der Waals surface area contributed by atoms with Gasteiger partial charge in [-0.1, -0.05) is 42.5 Å². The van der Waals surface area contributed by atoms with Gasteiger partial charge in [0.1, 0.15) is 11.6 Å². The highest BCUT2D eigenvalue weighted by molar-refractivity contribution is 14.0. The molecule has 1 N–H and O–H groups in total. The second-order valence-corrected chi connectivity index (χ2v) is 7.08. The predicted molar refractivity (Wildman–Crippen MR) is 130 cm³/mol. The van der Waals surface area contributed by atoms with Crippen molar-refractivity contribution in [1.82, 2.24) is 25.0 Å². The number of hydrogen-bond acceptors (Lipinski definition) is 4. The zero-order valence-corrected chi connectivity index (χ0v) is 20.5. The summed E-state index contributed by atoms with van der Waals surface area (Å²) in [5.74, 6) is 2.46. The Hall–Kier alpha value is -2.76. The van der Waals surface area contributed by atoms with Crippen LogP contribution in [-0.4, -0.2) is 39.3 Å². The van der Waals surface area contributed by atoms with Crippen molar-refractivity contribution in [2.45, 2.75) is 33.2 Å². The van der Waals surface area contributed by atoms with Gasteiger partial charge in [-0.05, 0) is 30.2 Å². The summed E-state index contributed by atoms with van der Waals surface area (Å²) in [6.07, 6.45) is 0. The number of nitrogens with one attached hydrogen (secondary N) is 1. The summed E-state index contributed by atoms with van der Waals surface area (Å²) in [7, 11) is 3.84. The smallest absolute Gasteiger partial charge is 0.387 e. The van der Waals surface area contributed by atoms with Crippen molar-refractivity contribution in [2.24, 2.45) is 12.0 Å². The zero-order chi connectivity index (χ0) is 22.2. The minimum atomic E-state index is -2.83. The number of rotatable bonds is 8. The number of halogens is 3. The Kier molecular flexibility index (Phi) is 9.82. The van der Waals surface area contributed by atoms with Gasteiger partial charge >= 0.3 is 6.61 Å². The molecule has 7 nitrogen and oxygen atoms in total. The van der Waals surface area contributed by atoms with Gasteiger partial charge in [0.2, 0.25) is 0 Å². The first-order valence-electron chi connectivity index (χ1n) is 9.84. The zero-order valence-electron chi connectivity index (χ0n) is 18.2. The maximum absolute atomic E-state index is 12.4. The maximum Gasteiger partial charge on any atom is 0.387 e. The number of ether oxygens (including phenoxy) is 1. The highest BCUT2D eigenvalue weighted by Gasteiger charge is 2.11. The van der Waals surface area contributed by atoms with E-state index in [-0.39, 0.29) is 29.7 Å². The Balaban J connectivity index is 0.00000363. The van der Waals surface area contributed by atoms with E-state index in [4.69, 9.17) is 4.99 Å². The average Bonchev–Trinajstić information content (AvgIpc) is 3.07. The number of nitrogens with zero attached hydrogens (tertiary/aromatic N) is 5. The first-order chi connectivity index (χ1) is 14.9. The summed E-state index contributed by atoms with van der Waals surface area (Å²) in [5, 5.41) is 11.6. The van der Waals surface area contributed by atoms with Crippen LogP contribution in [0.15, 0.2) is 59.6 Å². The van der Waals surface area contributed by atoms with E-state index in [9.17, 15) is 8.78 Å². The summed E-state index contributed by atoms with van der Waals surface area (Å²) in [4.78, 5) is 6.72. The summed E-state index contributed by atoms with van der Waals surface area (Å²) in [6.45, 7) is 0.587. The highest BCUT2D eigenvalue weighted by Crippen LogP contribution is 2.16. The molecular weight excluding hydrogens is 529 g/mol. The minimum Gasteiger partial charge on any atom is -0.435 e. The van der Waals surface area contributed by atoms with Gasteiger partial charge in [0.25, 0.3) is 0 Å². The van der Waals surface area contributed by atoms with Crippen molar-refractivity contribution in [3.8, 4) is 5.75 Å². The number of aromatic nitrogens is 3. The van der Waals surface area contributed by atoms with Gasteiger partial charge in [-0.25, -0.2) is 4.99 Å². The van der Waals surface area contributed by atoms with Gasteiger partial charge in [0.05, 0.1) is 13.1 Å². The molecule has 2 aromatic carbocycles. The molecule has 0 unspecified atom stereocenters. The van der Waals surface area contributed by atoms with Crippen LogP contribution in [0.3, 0.4) is 0 Å². The van der Waals surface area contributed by atoms with Crippen LogP contribution in [0.5, 0.6) is 5.75 Å². The normalized spacial score (nSPS) is 11.2. The third-order valence-corrected chi connectivity index (χ3v) is 4.77. The molecule has 0 aliphatic heterocycles. The number of aliphatic imine (C=N–C) groups is 1. The molecule has 0 amide bonds. The third kappa shape index (κ3) is 7.43. The van der Waals surface area contributed by atoms with Gasteiger partial charge in [-0.2, -0.15) is 8.78 Å². The third-order valence-electron chi connectivity index (χ3n) is 4.77. The number of alkyl halides is 2. The fraction of sp³-hybridized carbons (Fsp3) is 0.318. The number of aryl methyl sites for hydroxylation is 1. The van der Waals surface area contributed by atoms with Crippen molar-refractivity contribution in [1.29, 1.82) is 0 Å². The van der Waals surface area contributed by atoms with Crippen molar-refractivity contribution < 1.29 is 13.5 Å². The lowest BCUT2D eigenvalue weighted by Crippen LogP contribution is -2.38. The molecule has 0 radical (unpaired) electrons. The number of hydrogen-bond donors (Lipinski definition) is 1. The van der Waals surface area contributed by atoms with E-state index >= 15 is 0 Å². The molecule has 3 aromatic rings. The number of benzene rings is 2. The second-order valence-electron chi connectivity index (χ2n) is 7.08. The maximum atomic E-state index is 12.4. The summed E-state index contributed by atoms with van der Waals surface area (Å²) < 4.78 is 31.0. The van der Waals surface area contributed by atoms with Crippen LogP contribution < -0.4 is 10.1 Å². The van der Waals surface area contributed by atoms with Crippen LogP contribution >= 0.6 is 24.0 Å². The second kappa shape index (κ2) is 12.3. The van der Waals surface area contributed by atoms with Gasteiger partial charge < -0.3 is 19.5 Å². The van der Waals surface area contributed by atoms with Crippen LogP contribution in [-0.2, 0) is 26.7 Å². The van der Waals surface area contributed by atoms with Gasteiger partial charge in [-0.3, -0.25) is 0 Å². The molecular formula is C22H27F2IN6O.